The van der Waals surface area contributed by atoms with Crippen molar-refractivity contribution in [2.24, 2.45) is 0 Å². The second kappa shape index (κ2) is 9.68. The normalized spacial score (nSPS) is 12.2. The molecule has 2 aromatic carbocycles. The van der Waals surface area contributed by atoms with Gasteiger partial charge in [0.1, 0.15) is 23.0 Å². The van der Waals surface area contributed by atoms with E-state index in [1.165, 1.54) is 12.1 Å². The van der Waals surface area contributed by atoms with Crippen LogP contribution in [0.15, 0.2) is 63.8 Å². The monoisotopic (exact) mass is 437 g/mol. The molecule has 1 atom stereocenters. The number of carbonyl (C=O) groups excluding carboxylic acids is 2. The molecule has 3 rings (SSSR count). The van der Waals surface area contributed by atoms with E-state index < -0.39 is 29.3 Å². The van der Waals surface area contributed by atoms with E-state index >= 15 is 0 Å². The third-order valence-corrected chi connectivity index (χ3v) is 4.57. The number of benzene rings is 2. The van der Waals surface area contributed by atoms with E-state index in [-0.39, 0.29) is 5.75 Å². The van der Waals surface area contributed by atoms with Gasteiger partial charge in [-0.05, 0) is 50.5 Å². The Morgan fingerprint density at radius 3 is 2.44 bits per heavy atom. The van der Waals surface area contributed by atoms with Gasteiger partial charge in [0.05, 0.1) is 0 Å². The highest BCUT2D eigenvalue weighted by Crippen LogP contribution is 2.29. The van der Waals surface area contributed by atoms with Crippen LogP contribution in [0.25, 0.3) is 22.1 Å². The van der Waals surface area contributed by atoms with Crippen LogP contribution >= 0.6 is 0 Å². The van der Waals surface area contributed by atoms with Gasteiger partial charge in [-0.2, -0.15) is 0 Å². The first-order valence-corrected chi connectivity index (χ1v) is 10.5. The molecular weight excluding hydrogens is 410 g/mol. The largest absolute Gasteiger partial charge is 0.444 e. The minimum absolute atomic E-state index is 0.211. The number of alkyl carbamates (subject to hydrolysis) is 1. The van der Waals surface area contributed by atoms with Gasteiger partial charge in [-0.25, -0.2) is 14.4 Å². The summed E-state index contributed by atoms with van der Waals surface area (Å²) < 4.78 is 16.1. The minimum Gasteiger partial charge on any atom is -0.444 e. The zero-order chi connectivity index (χ0) is 23.3. The quantitative estimate of drug-likeness (QED) is 0.329. The number of hydrogen-bond acceptors (Lipinski definition) is 6. The zero-order valence-electron chi connectivity index (χ0n) is 18.6. The first-order chi connectivity index (χ1) is 15.2. The summed E-state index contributed by atoms with van der Waals surface area (Å²) in [5.74, 6) is -0.415. The third-order valence-electron chi connectivity index (χ3n) is 4.57. The predicted octanol–water partition coefficient (Wildman–Crippen LogP) is 5.06. The maximum atomic E-state index is 12.7. The van der Waals surface area contributed by atoms with Crippen molar-refractivity contribution in [3.63, 3.8) is 0 Å². The lowest BCUT2D eigenvalue weighted by Gasteiger charge is -2.22. The molecule has 0 aliphatic rings. The Morgan fingerprint density at radius 2 is 1.78 bits per heavy atom. The van der Waals surface area contributed by atoms with E-state index in [1.807, 2.05) is 37.3 Å². The highest BCUT2D eigenvalue weighted by molar-refractivity contribution is 5.94. The van der Waals surface area contributed by atoms with E-state index in [0.29, 0.717) is 23.8 Å². The fourth-order valence-corrected chi connectivity index (χ4v) is 3.24. The molecule has 1 heterocycles. The molecule has 7 nitrogen and oxygen atoms in total. The maximum absolute atomic E-state index is 12.7. The SMILES string of the molecule is CCC[C@@H](NC(=O)OC(C)(C)C)C(=O)Oc1ccc2c(-c3ccccc3)cc(=O)oc2c1. The highest BCUT2D eigenvalue weighted by Gasteiger charge is 2.25. The predicted molar refractivity (Wildman–Crippen MR) is 122 cm³/mol. The van der Waals surface area contributed by atoms with Crippen molar-refractivity contribution in [2.75, 3.05) is 0 Å². The molecule has 32 heavy (non-hydrogen) atoms. The number of hydrogen-bond donors (Lipinski definition) is 1. The second-order valence-electron chi connectivity index (χ2n) is 8.41. The zero-order valence-corrected chi connectivity index (χ0v) is 18.6. The summed E-state index contributed by atoms with van der Waals surface area (Å²) in [6.45, 7) is 7.12. The van der Waals surface area contributed by atoms with E-state index in [2.05, 4.69) is 5.32 Å². The van der Waals surface area contributed by atoms with Crippen molar-refractivity contribution in [3.8, 4) is 16.9 Å². The number of nitrogens with one attached hydrogen (secondary N) is 1. The summed E-state index contributed by atoms with van der Waals surface area (Å²) in [6.07, 6.45) is 0.353. The topological polar surface area (TPSA) is 94.8 Å². The summed E-state index contributed by atoms with van der Waals surface area (Å²) in [4.78, 5) is 36.9. The fourth-order valence-electron chi connectivity index (χ4n) is 3.24. The number of amides is 1. The smallest absolute Gasteiger partial charge is 0.408 e. The minimum atomic E-state index is -0.867. The summed E-state index contributed by atoms with van der Waals surface area (Å²) in [7, 11) is 0. The lowest BCUT2D eigenvalue weighted by atomic mass is 10.0. The Hall–Kier alpha value is -3.61. The van der Waals surface area contributed by atoms with Gasteiger partial charge in [-0.3, -0.25) is 0 Å². The standard InChI is InChI=1S/C25H27NO6/c1-5-9-20(26-24(29)32-25(2,3)4)23(28)30-17-12-13-18-19(16-10-7-6-8-11-16)15-22(27)31-21(18)14-17/h6-8,10-15,20H,5,9H2,1-4H3,(H,26,29)/t20-/m1/s1. The molecule has 3 aromatic rings. The fraction of sp³-hybridized carbons (Fsp3) is 0.320. The molecule has 0 spiro atoms. The second-order valence-corrected chi connectivity index (χ2v) is 8.41. The van der Waals surface area contributed by atoms with E-state index in [9.17, 15) is 14.4 Å². The van der Waals surface area contributed by atoms with Gasteiger partial charge < -0.3 is 19.2 Å². The molecule has 0 fully saturated rings. The molecule has 1 aromatic heterocycles. The Kier molecular flexibility index (Phi) is 6.98. The van der Waals surface area contributed by atoms with Crippen LogP contribution < -0.4 is 15.7 Å². The van der Waals surface area contributed by atoms with Gasteiger partial charge in [0, 0.05) is 17.5 Å². The lowest BCUT2D eigenvalue weighted by molar-refractivity contribution is -0.137. The molecule has 0 aliphatic carbocycles. The van der Waals surface area contributed by atoms with Gasteiger partial charge in [0.2, 0.25) is 0 Å². The van der Waals surface area contributed by atoms with E-state index in [0.717, 1.165) is 11.1 Å². The summed E-state index contributed by atoms with van der Waals surface area (Å²) >= 11 is 0. The molecular formula is C25H27NO6. The van der Waals surface area contributed by atoms with Gasteiger partial charge in [0.15, 0.2) is 0 Å². The number of carbonyl (C=O) groups is 2. The van der Waals surface area contributed by atoms with E-state index in [1.54, 1.807) is 32.9 Å². The Bertz CT molecular complexity index is 1160. The van der Waals surface area contributed by atoms with Crippen molar-refractivity contribution >= 4 is 23.0 Å². The van der Waals surface area contributed by atoms with Gasteiger partial charge in [-0.1, -0.05) is 43.7 Å². The van der Waals surface area contributed by atoms with Crippen LogP contribution in [-0.4, -0.2) is 23.7 Å². The van der Waals surface area contributed by atoms with Crippen LogP contribution in [0.3, 0.4) is 0 Å². The molecule has 7 heteroatoms. The van der Waals surface area contributed by atoms with Crippen molar-refractivity contribution in [1.82, 2.24) is 5.32 Å². The Balaban J connectivity index is 1.84. The molecule has 168 valence electrons. The number of fused-ring (bicyclic) bond motifs is 1. The molecule has 1 N–H and O–H groups in total. The average Bonchev–Trinajstić information content (AvgIpc) is 2.72. The van der Waals surface area contributed by atoms with Crippen LogP contribution in [0.2, 0.25) is 0 Å². The van der Waals surface area contributed by atoms with Crippen LogP contribution in [0, 0.1) is 0 Å². The van der Waals surface area contributed by atoms with Gasteiger partial charge in [-0.15, -0.1) is 0 Å². The molecule has 0 aliphatic heterocycles. The number of rotatable bonds is 6. The highest BCUT2D eigenvalue weighted by atomic mass is 16.6. The number of esters is 1. The molecule has 0 saturated carbocycles. The summed E-state index contributed by atoms with van der Waals surface area (Å²) in [5.41, 5.74) is 0.714. The van der Waals surface area contributed by atoms with Crippen molar-refractivity contribution in [1.29, 1.82) is 0 Å². The third kappa shape index (κ3) is 5.97. The maximum Gasteiger partial charge on any atom is 0.408 e. The molecule has 0 saturated heterocycles. The van der Waals surface area contributed by atoms with Crippen molar-refractivity contribution < 1.29 is 23.5 Å². The van der Waals surface area contributed by atoms with Crippen LogP contribution in [0.1, 0.15) is 40.5 Å². The molecule has 0 unspecified atom stereocenters. The summed E-state index contributed by atoms with van der Waals surface area (Å²) in [6, 6.07) is 14.9. The number of ether oxygens (including phenoxy) is 2. The van der Waals surface area contributed by atoms with Gasteiger partial charge in [0.25, 0.3) is 0 Å². The van der Waals surface area contributed by atoms with Crippen LogP contribution in [-0.2, 0) is 9.53 Å². The van der Waals surface area contributed by atoms with Crippen LogP contribution in [0.4, 0.5) is 4.79 Å². The first kappa shape index (κ1) is 23.1. The first-order valence-electron chi connectivity index (χ1n) is 10.5. The van der Waals surface area contributed by atoms with Crippen LogP contribution in [0.5, 0.6) is 5.75 Å². The summed E-state index contributed by atoms with van der Waals surface area (Å²) in [5, 5.41) is 3.28. The van der Waals surface area contributed by atoms with E-state index in [4.69, 9.17) is 13.9 Å². The Morgan fingerprint density at radius 1 is 1.06 bits per heavy atom. The lowest BCUT2D eigenvalue weighted by Crippen LogP contribution is -2.45. The molecule has 0 radical (unpaired) electrons. The van der Waals surface area contributed by atoms with Crippen molar-refractivity contribution in [3.05, 3.63) is 65.0 Å². The van der Waals surface area contributed by atoms with Gasteiger partial charge >= 0.3 is 17.7 Å². The molecule has 1 amide bonds. The average molecular weight is 437 g/mol. The Labute approximate surface area is 186 Å². The van der Waals surface area contributed by atoms with Crippen molar-refractivity contribution in [2.45, 2.75) is 52.2 Å². The molecule has 0 bridgehead atoms.